The summed E-state index contributed by atoms with van der Waals surface area (Å²) in [7, 11) is 0. The molecule has 0 spiro atoms. The van der Waals surface area contributed by atoms with Crippen molar-refractivity contribution in [2.75, 3.05) is 0 Å². The van der Waals surface area contributed by atoms with Gasteiger partial charge >= 0.3 is 11.9 Å². The Morgan fingerprint density at radius 3 is 1.18 bits per heavy atom. The lowest BCUT2D eigenvalue weighted by molar-refractivity contribution is -0.136. The first-order valence-electron chi connectivity index (χ1n) is 8.73. The average molecular weight is 312 g/mol. The average Bonchev–Trinajstić information content (AvgIpc) is 2.47. The maximum Gasteiger partial charge on any atom is 0.332 e. The summed E-state index contributed by atoms with van der Waals surface area (Å²) in [6.45, 7) is 4.26. The molecule has 0 aliphatic rings. The highest BCUT2D eigenvalue weighted by Crippen LogP contribution is 2.20. The summed E-state index contributed by atoms with van der Waals surface area (Å²) in [5.41, 5.74) is 0.221. The van der Waals surface area contributed by atoms with E-state index in [1.807, 2.05) is 0 Å². The van der Waals surface area contributed by atoms with Crippen LogP contribution < -0.4 is 0 Å². The number of carboxylic acid groups (broad SMARTS) is 2. The van der Waals surface area contributed by atoms with E-state index in [9.17, 15) is 19.8 Å². The normalized spacial score (nSPS) is 12.1. The molecule has 0 bridgehead atoms. The van der Waals surface area contributed by atoms with Gasteiger partial charge in [0.1, 0.15) is 0 Å². The van der Waals surface area contributed by atoms with Crippen LogP contribution >= 0.6 is 0 Å². The Bertz CT molecular complexity index is 324. The molecular weight excluding hydrogens is 280 g/mol. The third-order valence-corrected chi connectivity index (χ3v) is 3.94. The molecule has 0 aromatic heterocycles. The maximum atomic E-state index is 11.4. The van der Waals surface area contributed by atoms with Gasteiger partial charge in [0.25, 0.3) is 0 Å². The summed E-state index contributed by atoms with van der Waals surface area (Å²) in [6.07, 6.45) is 10.9. The second-order valence-corrected chi connectivity index (χ2v) is 5.90. The molecule has 0 aromatic carbocycles. The maximum absolute atomic E-state index is 11.4. The molecular formula is C18H32O4. The van der Waals surface area contributed by atoms with Crippen molar-refractivity contribution in [2.24, 2.45) is 0 Å². The molecule has 4 heteroatoms. The van der Waals surface area contributed by atoms with Crippen LogP contribution in [0.25, 0.3) is 0 Å². The minimum absolute atomic E-state index is 0.111. The number of hydrogen-bond donors (Lipinski definition) is 2. The van der Waals surface area contributed by atoms with E-state index >= 15 is 0 Å². The Morgan fingerprint density at radius 1 is 0.591 bits per heavy atom. The van der Waals surface area contributed by atoms with Crippen molar-refractivity contribution in [3.8, 4) is 0 Å². The molecule has 0 rings (SSSR count). The molecule has 0 fully saturated rings. The number of hydrogen-bond acceptors (Lipinski definition) is 2. The Labute approximate surface area is 134 Å². The second-order valence-electron chi connectivity index (χ2n) is 5.90. The zero-order chi connectivity index (χ0) is 16.8. The standard InChI is InChI=1S/C18H32O4/c1-3-5-7-9-11-13-15(17(19)20)16(18(21)22)14-12-10-8-6-4-2/h3-14H2,1-2H3,(H,19,20)(H,21,22)/b16-15-. The number of unbranched alkanes of at least 4 members (excludes halogenated alkanes) is 8. The first kappa shape index (κ1) is 20.7. The highest BCUT2D eigenvalue weighted by atomic mass is 16.4. The molecule has 22 heavy (non-hydrogen) atoms. The molecule has 0 radical (unpaired) electrons. The highest BCUT2D eigenvalue weighted by molar-refractivity contribution is 5.98. The van der Waals surface area contributed by atoms with Crippen molar-refractivity contribution in [2.45, 2.75) is 90.9 Å². The van der Waals surface area contributed by atoms with Gasteiger partial charge in [0.15, 0.2) is 0 Å². The van der Waals surface area contributed by atoms with Crippen molar-refractivity contribution >= 4 is 11.9 Å². The van der Waals surface area contributed by atoms with Crippen molar-refractivity contribution < 1.29 is 19.8 Å². The van der Waals surface area contributed by atoms with Gasteiger partial charge in [-0.1, -0.05) is 65.2 Å². The molecule has 0 aromatic rings. The summed E-state index contributed by atoms with van der Waals surface area (Å²) in [5.74, 6) is -2.14. The lowest BCUT2D eigenvalue weighted by Gasteiger charge is -2.09. The van der Waals surface area contributed by atoms with E-state index in [-0.39, 0.29) is 11.1 Å². The van der Waals surface area contributed by atoms with Crippen LogP contribution in [0.2, 0.25) is 0 Å². The van der Waals surface area contributed by atoms with Crippen molar-refractivity contribution in [3.05, 3.63) is 11.1 Å². The highest BCUT2D eigenvalue weighted by Gasteiger charge is 2.19. The lowest BCUT2D eigenvalue weighted by atomic mass is 9.96. The van der Waals surface area contributed by atoms with Crippen molar-refractivity contribution in [1.29, 1.82) is 0 Å². The topological polar surface area (TPSA) is 74.6 Å². The largest absolute Gasteiger partial charge is 0.478 e. The van der Waals surface area contributed by atoms with Gasteiger partial charge in [0.2, 0.25) is 0 Å². The van der Waals surface area contributed by atoms with Crippen LogP contribution in [-0.2, 0) is 9.59 Å². The zero-order valence-corrected chi connectivity index (χ0v) is 14.2. The lowest BCUT2D eigenvalue weighted by Crippen LogP contribution is -2.12. The molecule has 0 aliphatic heterocycles. The van der Waals surface area contributed by atoms with E-state index in [1.165, 1.54) is 0 Å². The van der Waals surface area contributed by atoms with Crippen LogP contribution in [0.5, 0.6) is 0 Å². The number of carbonyl (C=O) groups is 2. The molecule has 0 aliphatic carbocycles. The van der Waals surface area contributed by atoms with Crippen molar-refractivity contribution in [3.63, 3.8) is 0 Å². The van der Waals surface area contributed by atoms with Gasteiger partial charge in [0.05, 0.1) is 0 Å². The molecule has 0 unspecified atom stereocenters. The van der Waals surface area contributed by atoms with E-state index in [4.69, 9.17) is 0 Å². The SMILES string of the molecule is CCCCCCC/C(C(=O)O)=C(\CCCCCCC)C(=O)O. The molecule has 0 amide bonds. The Kier molecular flexibility index (Phi) is 12.5. The van der Waals surface area contributed by atoms with Crippen molar-refractivity contribution in [1.82, 2.24) is 0 Å². The van der Waals surface area contributed by atoms with Gasteiger partial charge in [-0.15, -0.1) is 0 Å². The smallest absolute Gasteiger partial charge is 0.332 e. The van der Waals surface area contributed by atoms with Gasteiger partial charge in [0, 0.05) is 11.1 Å². The van der Waals surface area contributed by atoms with E-state index in [0.29, 0.717) is 12.8 Å². The first-order valence-corrected chi connectivity index (χ1v) is 8.73. The van der Waals surface area contributed by atoms with Gasteiger partial charge in [-0.05, 0) is 25.7 Å². The quantitative estimate of drug-likeness (QED) is 0.342. The first-order chi connectivity index (χ1) is 10.5. The summed E-state index contributed by atoms with van der Waals surface area (Å²) >= 11 is 0. The third-order valence-electron chi connectivity index (χ3n) is 3.94. The van der Waals surface area contributed by atoms with E-state index in [2.05, 4.69) is 13.8 Å². The van der Waals surface area contributed by atoms with Crippen LogP contribution in [-0.4, -0.2) is 22.2 Å². The monoisotopic (exact) mass is 312 g/mol. The van der Waals surface area contributed by atoms with Gasteiger partial charge < -0.3 is 10.2 Å². The minimum Gasteiger partial charge on any atom is -0.478 e. The number of aliphatic carboxylic acids is 2. The Morgan fingerprint density at radius 2 is 0.909 bits per heavy atom. The van der Waals surface area contributed by atoms with Gasteiger partial charge in [-0.3, -0.25) is 0 Å². The third kappa shape index (κ3) is 9.59. The van der Waals surface area contributed by atoms with E-state index in [1.54, 1.807) is 0 Å². The molecule has 0 heterocycles. The van der Waals surface area contributed by atoms with Gasteiger partial charge in [-0.25, -0.2) is 9.59 Å². The fraction of sp³-hybridized carbons (Fsp3) is 0.778. The molecule has 0 atom stereocenters. The Hall–Kier alpha value is -1.32. The predicted molar refractivity (Wildman–Crippen MR) is 89.0 cm³/mol. The summed E-state index contributed by atoms with van der Waals surface area (Å²) < 4.78 is 0. The van der Waals surface area contributed by atoms with Gasteiger partial charge in [-0.2, -0.15) is 0 Å². The van der Waals surface area contributed by atoms with Crippen LogP contribution in [0.3, 0.4) is 0 Å². The molecule has 0 saturated carbocycles. The van der Waals surface area contributed by atoms with Crippen LogP contribution in [0.15, 0.2) is 11.1 Å². The summed E-state index contributed by atoms with van der Waals surface area (Å²) in [4.78, 5) is 22.8. The zero-order valence-electron chi connectivity index (χ0n) is 14.2. The molecule has 2 N–H and O–H groups in total. The molecule has 4 nitrogen and oxygen atoms in total. The minimum atomic E-state index is -1.07. The number of carboxylic acids is 2. The predicted octanol–water partition coefficient (Wildman–Crippen LogP) is 5.17. The fourth-order valence-corrected chi connectivity index (χ4v) is 2.58. The van der Waals surface area contributed by atoms with E-state index in [0.717, 1.165) is 64.2 Å². The summed E-state index contributed by atoms with van der Waals surface area (Å²) in [6, 6.07) is 0. The van der Waals surface area contributed by atoms with Crippen LogP contribution in [0.4, 0.5) is 0 Å². The molecule has 0 saturated heterocycles. The molecule has 128 valence electrons. The van der Waals surface area contributed by atoms with Crippen LogP contribution in [0, 0.1) is 0 Å². The summed E-state index contributed by atoms with van der Waals surface area (Å²) in [5, 5.41) is 18.6. The van der Waals surface area contributed by atoms with Crippen LogP contribution in [0.1, 0.15) is 90.9 Å². The fourth-order valence-electron chi connectivity index (χ4n) is 2.58. The number of rotatable bonds is 14. The van der Waals surface area contributed by atoms with E-state index < -0.39 is 11.9 Å². The second kappa shape index (κ2) is 13.4. The Balaban J connectivity index is 4.55.